The molecule has 1 N–H and O–H groups in total. The van der Waals surface area contributed by atoms with Crippen LogP contribution < -0.4 is 10.2 Å². The van der Waals surface area contributed by atoms with Crippen LogP contribution in [-0.4, -0.2) is 58.9 Å². The van der Waals surface area contributed by atoms with Gasteiger partial charge in [0, 0.05) is 44.1 Å². The second-order valence-electron chi connectivity index (χ2n) is 7.58. The fourth-order valence-electron chi connectivity index (χ4n) is 3.32. The monoisotopic (exact) mass is 459 g/mol. The van der Waals surface area contributed by atoms with E-state index in [1.807, 2.05) is 43.9 Å². The molecule has 0 saturated carbocycles. The predicted molar refractivity (Wildman–Crippen MR) is 116 cm³/mol. The lowest BCUT2D eigenvalue weighted by molar-refractivity contribution is -0.134. The SMILES string of the molecule is Cc1cccc(C(=O)NC(C(=O)N2CCN(c3ncc(Br)cn3)CC2)C(C)C)c1. The molecule has 1 aliphatic heterocycles. The third-order valence-corrected chi connectivity index (χ3v) is 5.39. The number of nitrogens with one attached hydrogen (secondary N) is 1. The zero-order valence-corrected chi connectivity index (χ0v) is 18.5. The first kappa shape index (κ1) is 21.2. The number of carbonyl (C=O) groups excluding carboxylic acids is 2. The number of aromatic nitrogens is 2. The highest BCUT2D eigenvalue weighted by atomic mass is 79.9. The van der Waals surface area contributed by atoms with E-state index in [1.165, 1.54) is 0 Å². The molecule has 29 heavy (non-hydrogen) atoms. The van der Waals surface area contributed by atoms with Gasteiger partial charge in [-0.3, -0.25) is 9.59 Å². The number of hydrogen-bond acceptors (Lipinski definition) is 5. The number of anilines is 1. The molecule has 3 rings (SSSR count). The Kier molecular flexibility index (Phi) is 6.84. The van der Waals surface area contributed by atoms with Crippen LogP contribution in [0.4, 0.5) is 5.95 Å². The van der Waals surface area contributed by atoms with E-state index in [1.54, 1.807) is 18.5 Å². The van der Waals surface area contributed by atoms with Crippen LogP contribution in [0.1, 0.15) is 29.8 Å². The second kappa shape index (κ2) is 9.35. The Morgan fingerprint density at radius 1 is 1.10 bits per heavy atom. The van der Waals surface area contributed by atoms with Crippen molar-refractivity contribution in [2.24, 2.45) is 5.92 Å². The number of aryl methyl sites for hydroxylation is 1. The van der Waals surface area contributed by atoms with Gasteiger partial charge in [0.2, 0.25) is 11.9 Å². The quantitative estimate of drug-likeness (QED) is 0.743. The fraction of sp³-hybridized carbons (Fsp3) is 0.429. The van der Waals surface area contributed by atoms with Crippen molar-refractivity contribution in [3.8, 4) is 0 Å². The molecule has 8 heteroatoms. The molecule has 1 aromatic carbocycles. The van der Waals surface area contributed by atoms with Gasteiger partial charge < -0.3 is 15.1 Å². The molecular weight excluding hydrogens is 434 g/mol. The number of carbonyl (C=O) groups is 2. The number of piperazine rings is 1. The molecule has 2 aromatic rings. The minimum atomic E-state index is -0.557. The van der Waals surface area contributed by atoms with Gasteiger partial charge in [-0.1, -0.05) is 31.5 Å². The van der Waals surface area contributed by atoms with Gasteiger partial charge in [0.15, 0.2) is 0 Å². The van der Waals surface area contributed by atoms with Crippen molar-refractivity contribution in [2.45, 2.75) is 26.8 Å². The zero-order chi connectivity index (χ0) is 21.0. The number of amides is 2. The molecule has 1 aliphatic rings. The maximum Gasteiger partial charge on any atom is 0.251 e. The predicted octanol–water partition coefficient (Wildman–Crippen LogP) is 2.65. The first-order valence-electron chi connectivity index (χ1n) is 9.74. The number of halogens is 1. The summed E-state index contributed by atoms with van der Waals surface area (Å²) in [6, 6.07) is 6.82. The standard InChI is InChI=1S/C21H26BrN5O2/c1-14(2)18(25-19(28)16-6-4-5-15(3)11-16)20(29)26-7-9-27(10-8-26)21-23-12-17(22)13-24-21/h4-6,11-14,18H,7-10H2,1-3H3,(H,25,28). The van der Waals surface area contributed by atoms with Gasteiger partial charge in [-0.05, 0) is 40.9 Å². The van der Waals surface area contributed by atoms with Gasteiger partial charge in [-0.15, -0.1) is 0 Å². The minimum absolute atomic E-state index is 0.0101. The zero-order valence-electron chi connectivity index (χ0n) is 16.9. The van der Waals surface area contributed by atoms with E-state index in [9.17, 15) is 9.59 Å². The third-order valence-electron chi connectivity index (χ3n) is 4.98. The van der Waals surface area contributed by atoms with Crippen molar-refractivity contribution in [2.75, 3.05) is 31.1 Å². The minimum Gasteiger partial charge on any atom is -0.340 e. The first-order valence-corrected chi connectivity index (χ1v) is 10.5. The molecule has 2 heterocycles. The number of benzene rings is 1. The number of hydrogen-bond donors (Lipinski definition) is 1. The van der Waals surface area contributed by atoms with Gasteiger partial charge >= 0.3 is 0 Å². The molecule has 1 saturated heterocycles. The van der Waals surface area contributed by atoms with Crippen LogP contribution in [0.5, 0.6) is 0 Å². The summed E-state index contributed by atoms with van der Waals surface area (Å²) in [5.41, 5.74) is 1.58. The Morgan fingerprint density at radius 2 is 1.76 bits per heavy atom. The maximum absolute atomic E-state index is 13.1. The fourth-order valence-corrected chi connectivity index (χ4v) is 3.52. The second-order valence-corrected chi connectivity index (χ2v) is 8.49. The van der Waals surface area contributed by atoms with Crippen molar-refractivity contribution in [3.63, 3.8) is 0 Å². The number of nitrogens with zero attached hydrogens (tertiary/aromatic N) is 4. The van der Waals surface area contributed by atoms with Crippen LogP contribution in [-0.2, 0) is 4.79 Å². The number of rotatable bonds is 5. The third kappa shape index (κ3) is 5.32. The van der Waals surface area contributed by atoms with E-state index < -0.39 is 6.04 Å². The molecule has 0 aliphatic carbocycles. The summed E-state index contributed by atoms with van der Waals surface area (Å²) in [4.78, 5) is 38.3. The van der Waals surface area contributed by atoms with Crippen LogP contribution >= 0.6 is 15.9 Å². The van der Waals surface area contributed by atoms with Crippen molar-refractivity contribution in [1.82, 2.24) is 20.2 Å². The molecular formula is C21H26BrN5O2. The normalized spacial score (nSPS) is 15.3. The van der Waals surface area contributed by atoms with E-state index in [0.29, 0.717) is 37.7 Å². The topological polar surface area (TPSA) is 78.4 Å². The summed E-state index contributed by atoms with van der Waals surface area (Å²) >= 11 is 3.34. The largest absolute Gasteiger partial charge is 0.340 e. The van der Waals surface area contributed by atoms with Crippen molar-refractivity contribution in [3.05, 3.63) is 52.3 Å². The van der Waals surface area contributed by atoms with Crippen LogP contribution in [0.25, 0.3) is 0 Å². The van der Waals surface area contributed by atoms with Gasteiger partial charge in [0.1, 0.15) is 6.04 Å². The summed E-state index contributed by atoms with van der Waals surface area (Å²) in [6.07, 6.45) is 3.44. The highest BCUT2D eigenvalue weighted by Gasteiger charge is 2.31. The van der Waals surface area contributed by atoms with Crippen molar-refractivity contribution in [1.29, 1.82) is 0 Å². The van der Waals surface area contributed by atoms with Gasteiger partial charge in [0.05, 0.1) is 4.47 Å². The smallest absolute Gasteiger partial charge is 0.251 e. The molecule has 0 spiro atoms. The molecule has 2 amide bonds. The lowest BCUT2D eigenvalue weighted by atomic mass is 10.0. The van der Waals surface area contributed by atoms with E-state index in [-0.39, 0.29) is 17.7 Å². The van der Waals surface area contributed by atoms with Crippen LogP contribution in [0, 0.1) is 12.8 Å². The highest BCUT2D eigenvalue weighted by molar-refractivity contribution is 9.10. The molecule has 1 aromatic heterocycles. The van der Waals surface area contributed by atoms with Crippen LogP contribution in [0.3, 0.4) is 0 Å². The molecule has 1 atom stereocenters. The Labute approximate surface area is 179 Å². The summed E-state index contributed by atoms with van der Waals surface area (Å²) in [7, 11) is 0. The Hall–Kier alpha value is -2.48. The molecule has 1 unspecified atom stereocenters. The van der Waals surface area contributed by atoms with Gasteiger partial charge in [-0.25, -0.2) is 9.97 Å². The molecule has 1 fully saturated rings. The maximum atomic E-state index is 13.1. The average molecular weight is 460 g/mol. The van der Waals surface area contributed by atoms with Crippen molar-refractivity contribution >= 4 is 33.7 Å². The summed E-state index contributed by atoms with van der Waals surface area (Å²) in [5.74, 6) is 0.387. The first-order chi connectivity index (χ1) is 13.8. The molecule has 7 nitrogen and oxygen atoms in total. The van der Waals surface area contributed by atoms with Gasteiger partial charge in [0.25, 0.3) is 5.91 Å². The lowest BCUT2D eigenvalue weighted by Crippen LogP contribution is -2.56. The van der Waals surface area contributed by atoms with E-state index in [4.69, 9.17) is 0 Å². The highest BCUT2D eigenvalue weighted by Crippen LogP contribution is 2.15. The summed E-state index contributed by atoms with van der Waals surface area (Å²) in [5, 5.41) is 2.93. The molecule has 154 valence electrons. The summed E-state index contributed by atoms with van der Waals surface area (Å²) < 4.78 is 0.833. The van der Waals surface area contributed by atoms with Gasteiger partial charge in [-0.2, -0.15) is 0 Å². The van der Waals surface area contributed by atoms with E-state index >= 15 is 0 Å². The van der Waals surface area contributed by atoms with Crippen LogP contribution in [0.2, 0.25) is 0 Å². The Morgan fingerprint density at radius 3 is 2.34 bits per heavy atom. The van der Waals surface area contributed by atoms with Crippen molar-refractivity contribution < 1.29 is 9.59 Å². The Balaban J connectivity index is 1.62. The lowest BCUT2D eigenvalue weighted by Gasteiger charge is -2.37. The van der Waals surface area contributed by atoms with Crippen LogP contribution in [0.15, 0.2) is 41.1 Å². The van der Waals surface area contributed by atoms with E-state index in [2.05, 4.69) is 36.1 Å². The average Bonchev–Trinajstić information content (AvgIpc) is 2.72. The van der Waals surface area contributed by atoms with E-state index in [0.717, 1.165) is 10.0 Å². The molecule has 0 radical (unpaired) electrons. The molecule has 0 bridgehead atoms. The Bertz CT molecular complexity index is 864. The summed E-state index contributed by atoms with van der Waals surface area (Å²) in [6.45, 7) is 8.30.